The standard InChI is InChI=1S/C22H27ClN2O3/c1-4-20(22(27)24-5-2)25(14-17-9-6-8-16(3)12-17)21(26)15-28-19-11-7-10-18(23)13-19/h6-13,20H,4-5,14-15H2,1-3H3,(H,24,27)/t20-/m0/s1. The minimum Gasteiger partial charge on any atom is -0.484 e. The van der Waals surface area contributed by atoms with Gasteiger partial charge in [0.25, 0.3) is 5.91 Å². The first-order valence-electron chi connectivity index (χ1n) is 9.45. The molecule has 0 saturated heterocycles. The maximum absolute atomic E-state index is 13.0. The number of rotatable bonds is 9. The molecule has 5 nitrogen and oxygen atoms in total. The van der Waals surface area contributed by atoms with Crippen molar-refractivity contribution in [2.75, 3.05) is 13.2 Å². The van der Waals surface area contributed by atoms with E-state index in [4.69, 9.17) is 16.3 Å². The highest BCUT2D eigenvalue weighted by Crippen LogP contribution is 2.18. The van der Waals surface area contributed by atoms with Gasteiger partial charge in [0.15, 0.2) is 6.61 Å². The zero-order valence-electron chi connectivity index (χ0n) is 16.6. The quantitative estimate of drug-likeness (QED) is 0.690. The van der Waals surface area contributed by atoms with E-state index in [0.29, 0.717) is 30.3 Å². The fraction of sp³-hybridized carbons (Fsp3) is 0.364. The molecule has 150 valence electrons. The first kappa shape index (κ1) is 21.8. The van der Waals surface area contributed by atoms with E-state index in [2.05, 4.69) is 5.32 Å². The third-order valence-corrected chi connectivity index (χ3v) is 4.57. The van der Waals surface area contributed by atoms with E-state index in [1.807, 2.05) is 45.0 Å². The van der Waals surface area contributed by atoms with Gasteiger partial charge in [-0.3, -0.25) is 9.59 Å². The van der Waals surface area contributed by atoms with Crippen LogP contribution in [0.25, 0.3) is 0 Å². The number of nitrogens with one attached hydrogen (secondary N) is 1. The summed E-state index contributed by atoms with van der Waals surface area (Å²) in [6.45, 7) is 6.45. The molecule has 0 bridgehead atoms. The highest BCUT2D eigenvalue weighted by Gasteiger charge is 2.28. The van der Waals surface area contributed by atoms with E-state index < -0.39 is 6.04 Å². The first-order chi connectivity index (χ1) is 13.4. The van der Waals surface area contributed by atoms with Crippen LogP contribution in [0.15, 0.2) is 48.5 Å². The zero-order chi connectivity index (χ0) is 20.5. The molecule has 0 radical (unpaired) electrons. The Morgan fingerprint density at radius 2 is 1.89 bits per heavy atom. The molecule has 6 heteroatoms. The van der Waals surface area contributed by atoms with Gasteiger partial charge in [-0.1, -0.05) is 54.4 Å². The number of ether oxygens (including phenoxy) is 1. The molecule has 0 aromatic heterocycles. The summed E-state index contributed by atoms with van der Waals surface area (Å²) in [5.74, 6) is 0.107. The number of halogens is 1. The molecule has 0 aliphatic rings. The van der Waals surface area contributed by atoms with Crippen LogP contribution in [0.2, 0.25) is 5.02 Å². The monoisotopic (exact) mass is 402 g/mol. The number of carbonyl (C=O) groups excluding carboxylic acids is 2. The highest BCUT2D eigenvalue weighted by atomic mass is 35.5. The van der Waals surface area contributed by atoms with Gasteiger partial charge in [0, 0.05) is 18.1 Å². The Bertz CT molecular complexity index is 810. The average molecular weight is 403 g/mol. The van der Waals surface area contributed by atoms with E-state index >= 15 is 0 Å². The summed E-state index contributed by atoms with van der Waals surface area (Å²) < 4.78 is 5.62. The van der Waals surface area contributed by atoms with Crippen LogP contribution < -0.4 is 10.1 Å². The SMILES string of the molecule is CCNC(=O)[C@H](CC)N(Cc1cccc(C)c1)C(=O)COc1cccc(Cl)c1. The second kappa shape index (κ2) is 10.7. The van der Waals surface area contributed by atoms with E-state index in [0.717, 1.165) is 11.1 Å². The Morgan fingerprint density at radius 3 is 2.54 bits per heavy atom. The fourth-order valence-electron chi connectivity index (χ4n) is 3.00. The van der Waals surface area contributed by atoms with Crippen LogP contribution in [0.3, 0.4) is 0 Å². The van der Waals surface area contributed by atoms with E-state index in [-0.39, 0.29) is 18.4 Å². The van der Waals surface area contributed by atoms with Gasteiger partial charge in [0.05, 0.1) is 0 Å². The maximum Gasteiger partial charge on any atom is 0.261 e. The summed E-state index contributed by atoms with van der Waals surface area (Å²) >= 11 is 5.97. The Labute approximate surface area is 171 Å². The molecule has 0 aliphatic heterocycles. The van der Waals surface area contributed by atoms with Crippen molar-refractivity contribution in [2.24, 2.45) is 0 Å². The molecule has 2 aromatic carbocycles. The number of benzene rings is 2. The number of nitrogens with zero attached hydrogens (tertiary/aromatic N) is 1. The topological polar surface area (TPSA) is 58.6 Å². The molecule has 1 N–H and O–H groups in total. The maximum atomic E-state index is 13.0. The molecule has 28 heavy (non-hydrogen) atoms. The Hall–Kier alpha value is -2.53. The van der Waals surface area contributed by atoms with E-state index in [9.17, 15) is 9.59 Å². The van der Waals surface area contributed by atoms with Gasteiger partial charge in [-0.25, -0.2) is 0 Å². The fourth-order valence-corrected chi connectivity index (χ4v) is 3.18. The minimum absolute atomic E-state index is 0.159. The lowest BCUT2D eigenvalue weighted by atomic mass is 10.1. The normalized spacial score (nSPS) is 11.6. The van der Waals surface area contributed by atoms with Crippen molar-refractivity contribution in [2.45, 2.75) is 39.8 Å². The summed E-state index contributed by atoms with van der Waals surface area (Å²) in [7, 11) is 0. The predicted molar refractivity (Wildman–Crippen MR) is 111 cm³/mol. The van der Waals surface area contributed by atoms with Crippen molar-refractivity contribution in [3.8, 4) is 5.75 Å². The number of amides is 2. The third kappa shape index (κ3) is 6.27. The Balaban J connectivity index is 2.19. The lowest BCUT2D eigenvalue weighted by Crippen LogP contribution is -2.50. The van der Waals surface area contributed by atoms with Crippen molar-refractivity contribution in [3.05, 3.63) is 64.7 Å². The summed E-state index contributed by atoms with van der Waals surface area (Å²) in [5, 5.41) is 3.36. The number of carbonyl (C=O) groups is 2. The molecule has 2 aromatic rings. The van der Waals surface area contributed by atoms with Gasteiger partial charge in [0.1, 0.15) is 11.8 Å². The van der Waals surface area contributed by atoms with Crippen molar-refractivity contribution in [3.63, 3.8) is 0 Å². The molecule has 0 aliphatic carbocycles. The second-order valence-corrected chi connectivity index (χ2v) is 7.01. The summed E-state index contributed by atoms with van der Waals surface area (Å²) in [5.41, 5.74) is 2.07. The Kier molecular flexibility index (Phi) is 8.33. The minimum atomic E-state index is -0.559. The molecule has 0 heterocycles. The van der Waals surface area contributed by atoms with Gasteiger partial charge < -0.3 is 15.0 Å². The van der Waals surface area contributed by atoms with E-state index in [1.165, 1.54) is 0 Å². The average Bonchev–Trinajstić information content (AvgIpc) is 2.66. The molecular formula is C22H27ClN2O3. The van der Waals surface area contributed by atoms with Crippen LogP contribution in [-0.4, -0.2) is 35.9 Å². The smallest absolute Gasteiger partial charge is 0.261 e. The number of hydrogen-bond acceptors (Lipinski definition) is 3. The highest BCUT2D eigenvalue weighted by molar-refractivity contribution is 6.30. The van der Waals surface area contributed by atoms with Crippen LogP contribution in [-0.2, 0) is 16.1 Å². The third-order valence-electron chi connectivity index (χ3n) is 4.33. The van der Waals surface area contributed by atoms with Gasteiger partial charge in [0.2, 0.25) is 5.91 Å². The summed E-state index contributed by atoms with van der Waals surface area (Å²) in [6.07, 6.45) is 0.514. The van der Waals surface area contributed by atoms with Crippen molar-refractivity contribution >= 4 is 23.4 Å². The lowest BCUT2D eigenvalue weighted by Gasteiger charge is -2.30. The van der Waals surface area contributed by atoms with Gasteiger partial charge >= 0.3 is 0 Å². The first-order valence-corrected chi connectivity index (χ1v) is 9.83. The number of aryl methyl sites for hydroxylation is 1. The molecule has 1 atom stereocenters. The number of hydrogen-bond donors (Lipinski definition) is 1. The summed E-state index contributed by atoms with van der Waals surface area (Å²) in [4.78, 5) is 27.1. The van der Waals surface area contributed by atoms with Gasteiger partial charge in [-0.2, -0.15) is 0 Å². The Morgan fingerprint density at radius 1 is 1.14 bits per heavy atom. The second-order valence-electron chi connectivity index (χ2n) is 6.58. The van der Waals surface area contributed by atoms with Crippen LogP contribution in [0.5, 0.6) is 5.75 Å². The molecule has 2 rings (SSSR count). The van der Waals surface area contributed by atoms with Crippen LogP contribution in [0, 0.1) is 6.92 Å². The molecule has 0 unspecified atom stereocenters. The molecule has 2 amide bonds. The molecular weight excluding hydrogens is 376 g/mol. The largest absolute Gasteiger partial charge is 0.484 e. The zero-order valence-corrected chi connectivity index (χ0v) is 17.3. The predicted octanol–water partition coefficient (Wildman–Crippen LogP) is 3.97. The van der Waals surface area contributed by atoms with Crippen LogP contribution in [0.1, 0.15) is 31.4 Å². The van der Waals surface area contributed by atoms with Crippen molar-refractivity contribution in [1.29, 1.82) is 0 Å². The van der Waals surface area contributed by atoms with Crippen LogP contribution >= 0.6 is 11.6 Å². The molecule has 0 spiro atoms. The van der Waals surface area contributed by atoms with Crippen LogP contribution in [0.4, 0.5) is 0 Å². The van der Waals surface area contributed by atoms with E-state index in [1.54, 1.807) is 29.2 Å². The van der Waals surface area contributed by atoms with Crippen molar-refractivity contribution in [1.82, 2.24) is 10.2 Å². The van der Waals surface area contributed by atoms with Crippen molar-refractivity contribution < 1.29 is 14.3 Å². The number of likely N-dealkylation sites (N-methyl/N-ethyl adjacent to an activating group) is 1. The molecule has 0 saturated carbocycles. The van der Waals surface area contributed by atoms with Gasteiger partial charge in [-0.15, -0.1) is 0 Å². The van der Waals surface area contributed by atoms with Gasteiger partial charge in [-0.05, 0) is 44.0 Å². The lowest BCUT2D eigenvalue weighted by molar-refractivity contribution is -0.142. The summed E-state index contributed by atoms with van der Waals surface area (Å²) in [6, 6.07) is 14.3. The molecule has 0 fully saturated rings.